The zero-order valence-electron chi connectivity index (χ0n) is 11.9. The SMILES string of the molecule is C[C@@](O)(C#CCN1CCCCC1)[C@@H]1C[C@H]2C=C[C@H]1C2. The first-order chi connectivity index (χ1) is 9.15. The van der Waals surface area contributed by atoms with E-state index >= 15 is 0 Å². The fourth-order valence-electron chi connectivity index (χ4n) is 3.97. The second kappa shape index (κ2) is 5.31. The Bertz CT molecular complexity index is 409. The molecular weight excluding hydrogens is 234 g/mol. The van der Waals surface area contributed by atoms with Gasteiger partial charge in [0, 0.05) is 5.92 Å². The van der Waals surface area contributed by atoms with Crippen molar-refractivity contribution in [3.8, 4) is 11.8 Å². The van der Waals surface area contributed by atoms with E-state index in [1.807, 2.05) is 6.92 Å². The monoisotopic (exact) mass is 259 g/mol. The van der Waals surface area contributed by atoms with Gasteiger partial charge in [-0.3, -0.25) is 4.90 Å². The van der Waals surface area contributed by atoms with Crippen LogP contribution in [-0.4, -0.2) is 35.2 Å². The zero-order valence-corrected chi connectivity index (χ0v) is 11.9. The van der Waals surface area contributed by atoms with Gasteiger partial charge in [0.1, 0.15) is 5.60 Å². The summed E-state index contributed by atoms with van der Waals surface area (Å²) < 4.78 is 0. The summed E-state index contributed by atoms with van der Waals surface area (Å²) in [6.45, 7) is 5.09. The molecule has 0 aromatic carbocycles. The molecule has 2 bridgehead atoms. The molecule has 1 saturated heterocycles. The lowest BCUT2D eigenvalue weighted by Gasteiger charge is -2.30. The van der Waals surface area contributed by atoms with Crippen LogP contribution in [0.3, 0.4) is 0 Å². The van der Waals surface area contributed by atoms with Gasteiger partial charge in [0.25, 0.3) is 0 Å². The Balaban J connectivity index is 1.57. The van der Waals surface area contributed by atoms with Crippen molar-refractivity contribution in [2.75, 3.05) is 19.6 Å². The molecule has 0 unspecified atom stereocenters. The van der Waals surface area contributed by atoms with Crippen LogP contribution in [0.15, 0.2) is 12.2 Å². The van der Waals surface area contributed by atoms with Crippen molar-refractivity contribution in [1.82, 2.24) is 4.90 Å². The van der Waals surface area contributed by atoms with Gasteiger partial charge in [-0.1, -0.05) is 30.4 Å². The Morgan fingerprint density at radius 1 is 1.21 bits per heavy atom. The van der Waals surface area contributed by atoms with Gasteiger partial charge >= 0.3 is 0 Å². The lowest BCUT2D eigenvalue weighted by Crippen LogP contribution is -2.36. The molecule has 1 aliphatic heterocycles. The van der Waals surface area contributed by atoms with Gasteiger partial charge < -0.3 is 5.11 Å². The van der Waals surface area contributed by atoms with Crippen LogP contribution >= 0.6 is 0 Å². The average Bonchev–Trinajstić information content (AvgIpc) is 3.02. The van der Waals surface area contributed by atoms with E-state index in [0.717, 1.165) is 13.0 Å². The maximum atomic E-state index is 10.6. The highest BCUT2D eigenvalue weighted by molar-refractivity contribution is 5.22. The van der Waals surface area contributed by atoms with Crippen LogP contribution in [0, 0.1) is 29.6 Å². The van der Waals surface area contributed by atoms with Gasteiger partial charge in [-0.15, -0.1) is 0 Å². The number of hydrogen-bond acceptors (Lipinski definition) is 2. The van der Waals surface area contributed by atoms with E-state index in [1.54, 1.807) is 0 Å². The Labute approximate surface area is 116 Å². The molecule has 0 aromatic rings. The van der Waals surface area contributed by atoms with Crippen molar-refractivity contribution in [1.29, 1.82) is 0 Å². The Morgan fingerprint density at radius 3 is 2.63 bits per heavy atom. The number of rotatable bonds is 2. The Kier molecular flexibility index (Phi) is 3.69. The molecule has 1 N–H and O–H groups in total. The largest absolute Gasteiger partial charge is 0.378 e. The third kappa shape index (κ3) is 2.88. The predicted molar refractivity (Wildman–Crippen MR) is 77.5 cm³/mol. The maximum Gasteiger partial charge on any atom is 0.126 e. The molecule has 0 aromatic heterocycles. The average molecular weight is 259 g/mol. The molecule has 2 aliphatic carbocycles. The summed E-state index contributed by atoms with van der Waals surface area (Å²) in [4.78, 5) is 2.41. The first kappa shape index (κ1) is 13.2. The molecule has 2 nitrogen and oxygen atoms in total. The van der Waals surface area contributed by atoms with Gasteiger partial charge in [-0.2, -0.15) is 0 Å². The number of aliphatic hydroxyl groups is 1. The molecule has 0 radical (unpaired) electrons. The Morgan fingerprint density at radius 2 is 2.00 bits per heavy atom. The van der Waals surface area contributed by atoms with Gasteiger partial charge in [0.15, 0.2) is 0 Å². The van der Waals surface area contributed by atoms with Crippen LogP contribution < -0.4 is 0 Å². The van der Waals surface area contributed by atoms with Gasteiger partial charge in [0.05, 0.1) is 6.54 Å². The number of piperidine rings is 1. The molecule has 1 saturated carbocycles. The molecule has 4 atom stereocenters. The molecule has 104 valence electrons. The minimum Gasteiger partial charge on any atom is -0.378 e. The molecule has 19 heavy (non-hydrogen) atoms. The molecular formula is C17H25NO. The quantitative estimate of drug-likeness (QED) is 0.608. The highest BCUT2D eigenvalue weighted by Gasteiger charge is 2.44. The molecule has 1 heterocycles. The molecule has 0 spiro atoms. The fraction of sp³-hybridized carbons (Fsp3) is 0.765. The number of fused-ring (bicyclic) bond motifs is 2. The van der Waals surface area contributed by atoms with Crippen molar-refractivity contribution in [3.63, 3.8) is 0 Å². The van der Waals surface area contributed by atoms with Crippen molar-refractivity contribution >= 4 is 0 Å². The normalized spacial score (nSPS) is 36.8. The first-order valence-electron chi connectivity index (χ1n) is 7.78. The molecule has 2 heteroatoms. The smallest absolute Gasteiger partial charge is 0.126 e. The van der Waals surface area contributed by atoms with Crippen LogP contribution in [0.5, 0.6) is 0 Å². The number of hydrogen-bond donors (Lipinski definition) is 1. The molecule has 3 aliphatic rings. The van der Waals surface area contributed by atoms with Crippen molar-refractivity contribution in [3.05, 3.63) is 12.2 Å². The maximum absolute atomic E-state index is 10.6. The van der Waals surface area contributed by atoms with Crippen LogP contribution in [0.25, 0.3) is 0 Å². The van der Waals surface area contributed by atoms with Crippen LogP contribution in [0.2, 0.25) is 0 Å². The molecule has 2 fully saturated rings. The van der Waals surface area contributed by atoms with E-state index in [-0.39, 0.29) is 0 Å². The summed E-state index contributed by atoms with van der Waals surface area (Å²) in [6.07, 6.45) is 10.9. The number of likely N-dealkylation sites (tertiary alicyclic amines) is 1. The lowest BCUT2D eigenvalue weighted by atomic mass is 9.80. The fourth-order valence-corrected chi connectivity index (χ4v) is 3.97. The summed E-state index contributed by atoms with van der Waals surface area (Å²) in [5.74, 6) is 8.00. The lowest BCUT2D eigenvalue weighted by molar-refractivity contribution is 0.0431. The summed E-state index contributed by atoms with van der Waals surface area (Å²) in [7, 11) is 0. The minimum absolute atomic E-state index is 0.344. The van der Waals surface area contributed by atoms with Crippen LogP contribution in [0.1, 0.15) is 39.0 Å². The summed E-state index contributed by atoms with van der Waals surface area (Å²) in [5.41, 5.74) is -0.806. The van der Waals surface area contributed by atoms with Gasteiger partial charge in [-0.25, -0.2) is 0 Å². The highest BCUT2D eigenvalue weighted by atomic mass is 16.3. The van der Waals surface area contributed by atoms with E-state index in [0.29, 0.717) is 17.8 Å². The molecule has 0 amide bonds. The van der Waals surface area contributed by atoms with E-state index in [4.69, 9.17) is 0 Å². The van der Waals surface area contributed by atoms with E-state index in [9.17, 15) is 5.11 Å². The van der Waals surface area contributed by atoms with E-state index in [1.165, 1.54) is 38.8 Å². The number of nitrogens with zero attached hydrogens (tertiary/aromatic N) is 1. The summed E-state index contributed by atoms with van der Waals surface area (Å²) in [6, 6.07) is 0. The van der Waals surface area contributed by atoms with Crippen LogP contribution in [0.4, 0.5) is 0 Å². The third-order valence-corrected chi connectivity index (χ3v) is 5.09. The van der Waals surface area contributed by atoms with E-state index < -0.39 is 5.60 Å². The first-order valence-corrected chi connectivity index (χ1v) is 7.78. The van der Waals surface area contributed by atoms with Crippen molar-refractivity contribution < 1.29 is 5.11 Å². The summed E-state index contributed by atoms with van der Waals surface area (Å²) in [5, 5.41) is 10.6. The minimum atomic E-state index is -0.806. The van der Waals surface area contributed by atoms with E-state index in [2.05, 4.69) is 28.9 Å². The van der Waals surface area contributed by atoms with Crippen molar-refractivity contribution in [2.24, 2.45) is 17.8 Å². The van der Waals surface area contributed by atoms with Gasteiger partial charge in [0.2, 0.25) is 0 Å². The predicted octanol–water partition coefficient (Wildman–Crippen LogP) is 2.44. The topological polar surface area (TPSA) is 23.5 Å². The highest BCUT2D eigenvalue weighted by Crippen LogP contribution is 2.47. The Hall–Kier alpha value is -0.780. The zero-order chi connectivity index (χ0) is 13.3. The molecule has 3 rings (SSSR count). The number of allylic oxidation sites excluding steroid dienone is 2. The van der Waals surface area contributed by atoms with Gasteiger partial charge in [-0.05, 0) is 57.5 Å². The summed E-state index contributed by atoms with van der Waals surface area (Å²) >= 11 is 0. The second-order valence-electron chi connectivity index (χ2n) is 6.67. The van der Waals surface area contributed by atoms with Crippen molar-refractivity contribution in [2.45, 2.75) is 44.6 Å². The third-order valence-electron chi connectivity index (χ3n) is 5.09. The second-order valence-corrected chi connectivity index (χ2v) is 6.67. The standard InChI is InChI=1S/C17H25NO/c1-17(19,16-13-14-6-7-15(16)12-14)8-5-11-18-9-3-2-4-10-18/h6-7,14-16,19H,2-4,9-13H2,1H3/t14-,15-,16+,17+/m0/s1. The van der Waals surface area contributed by atoms with Crippen LogP contribution in [-0.2, 0) is 0 Å².